The summed E-state index contributed by atoms with van der Waals surface area (Å²) in [5, 5.41) is 50.1. The number of hydrogen-bond acceptors (Lipinski definition) is 11. The minimum Gasteiger partial charge on any atom is -0.493 e. The van der Waals surface area contributed by atoms with Crippen LogP contribution in [-0.2, 0) is 31.3 Å². The second-order valence-electron chi connectivity index (χ2n) is 14.3. The molecule has 0 saturated carbocycles. The SMILES string of the molecule is COc1ccc(C2CC(c3cc(CO)c(CO)c(CO)c3)=NO2)cc1OCCCCCCCCCOc1ccc(C2NC(=O)c3cc(C)ccc3N2)cc1CO. The average molecular weight is 768 g/mol. The number of nitrogens with one attached hydrogen (secondary N) is 2. The van der Waals surface area contributed by atoms with Crippen molar-refractivity contribution in [3.05, 3.63) is 117 Å². The molecule has 4 aromatic carbocycles. The Kier molecular flexibility index (Phi) is 14.2. The van der Waals surface area contributed by atoms with E-state index in [0.717, 1.165) is 72.9 Å². The second-order valence-corrected chi connectivity index (χ2v) is 14.3. The number of unbranched alkanes of at least 4 members (excludes halogenated alkanes) is 6. The number of amides is 1. The van der Waals surface area contributed by atoms with Crippen LogP contribution in [0.1, 0.15) is 119 Å². The topological polar surface area (TPSA) is 171 Å². The number of hydrogen-bond donors (Lipinski definition) is 6. The van der Waals surface area contributed by atoms with E-state index in [9.17, 15) is 25.2 Å². The normalized spacial score (nSPS) is 16.0. The number of carbonyl (C=O) groups is 1. The van der Waals surface area contributed by atoms with Crippen molar-refractivity contribution >= 4 is 17.3 Å². The van der Waals surface area contributed by atoms with Gasteiger partial charge < -0.3 is 50.1 Å². The third kappa shape index (κ3) is 9.80. The first-order valence-corrected chi connectivity index (χ1v) is 19.4. The lowest BCUT2D eigenvalue weighted by molar-refractivity contribution is 0.0854. The van der Waals surface area contributed by atoms with Gasteiger partial charge in [0.15, 0.2) is 17.6 Å². The molecule has 1 amide bonds. The largest absolute Gasteiger partial charge is 0.493 e. The summed E-state index contributed by atoms with van der Waals surface area (Å²) in [6.45, 7) is 2.15. The highest BCUT2D eigenvalue weighted by Gasteiger charge is 2.27. The lowest BCUT2D eigenvalue weighted by atomic mass is 9.94. The van der Waals surface area contributed by atoms with Crippen molar-refractivity contribution in [1.82, 2.24) is 5.32 Å². The van der Waals surface area contributed by atoms with Crippen molar-refractivity contribution in [3.63, 3.8) is 0 Å². The van der Waals surface area contributed by atoms with E-state index in [0.29, 0.717) is 70.4 Å². The maximum atomic E-state index is 12.7. The van der Waals surface area contributed by atoms with Crippen LogP contribution in [0.4, 0.5) is 5.69 Å². The van der Waals surface area contributed by atoms with Gasteiger partial charge in [0, 0.05) is 23.2 Å². The Morgan fingerprint density at radius 3 is 2.00 bits per heavy atom. The predicted molar refractivity (Wildman–Crippen MR) is 213 cm³/mol. The smallest absolute Gasteiger partial charge is 0.255 e. The first-order valence-electron chi connectivity index (χ1n) is 19.4. The highest BCUT2D eigenvalue weighted by atomic mass is 16.6. The quantitative estimate of drug-likeness (QED) is 0.0521. The van der Waals surface area contributed by atoms with E-state index in [2.05, 4.69) is 15.8 Å². The zero-order valence-corrected chi connectivity index (χ0v) is 32.2. The van der Waals surface area contributed by atoms with E-state index in [1.807, 2.05) is 61.5 Å². The molecule has 2 aliphatic rings. The van der Waals surface area contributed by atoms with Gasteiger partial charge in [-0.25, -0.2) is 0 Å². The van der Waals surface area contributed by atoms with Crippen LogP contribution in [0, 0.1) is 6.92 Å². The first-order chi connectivity index (χ1) is 27.3. The number of ether oxygens (including phenoxy) is 3. The molecule has 0 aliphatic carbocycles. The molecule has 56 heavy (non-hydrogen) atoms. The van der Waals surface area contributed by atoms with Gasteiger partial charge in [0.25, 0.3) is 5.91 Å². The lowest BCUT2D eigenvalue weighted by Gasteiger charge is -2.29. The zero-order valence-electron chi connectivity index (χ0n) is 32.2. The fraction of sp³-hybridized carbons (Fsp3) is 0.409. The van der Waals surface area contributed by atoms with Crippen LogP contribution in [0.15, 0.2) is 71.9 Å². The lowest BCUT2D eigenvalue weighted by Crippen LogP contribution is -2.38. The molecule has 4 aromatic rings. The van der Waals surface area contributed by atoms with E-state index in [1.165, 1.54) is 0 Å². The number of anilines is 1. The van der Waals surface area contributed by atoms with Gasteiger partial charge in [-0.05, 0) is 96.1 Å². The van der Waals surface area contributed by atoms with E-state index in [1.54, 1.807) is 19.2 Å². The molecule has 298 valence electrons. The number of aliphatic hydroxyl groups is 4. The maximum Gasteiger partial charge on any atom is 0.255 e. The molecule has 0 fully saturated rings. The Morgan fingerprint density at radius 1 is 0.696 bits per heavy atom. The van der Waals surface area contributed by atoms with Crippen LogP contribution >= 0.6 is 0 Å². The summed E-state index contributed by atoms with van der Waals surface area (Å²) in [6.07, 6.45) is 7.07. The summed E-state index contributed by atoms with van der Waals surface area (Å²) in [5.74, 6) is 1.83. The fourth-order valence-electron chi connectivity index (χ4n) is 7.22. The number of aryl methyl sites for hydroxylation is 1. The minimum absolute atomic E-state index is 0.126. The van der Waals surface area contributed by atoms with Crippen molar-refractivity contribution in [2.45, 2.75) is 97.0 Å². The Bertz CT molecular complexity index is 1970. The standard InChI is InChI=1S/C44H53N3O9/c1-28-10-13-37-35(18-28)44(52)46-43(45-37)30-12-14-39(34(19-30)26-50)54-16-8-6-4-3-5-7-9-17-55-42-22-29(11-15-40(42)53-2)41-23-38(47-56-41)31-20-32(24-48)36(27-51)33(21-31)25-49/h10-15,18-22,41,43,45,48-51H,3-9,16-17,23-27H2,1-2H3,(H,46,52). The number of fused-ring (bicyclic) bond motifs is 1. The van der Waals surface area contributed by atoms with Crippen molar-refractivity contribution < 1.29 is 44.3 Å². The van der Waals surface area contributed by atoms with Gasteiger partial charge in [-0.1, -0.05) is 61.0 Å². The Labute approximate surface area is 328 Å². The summed E-state index contributed by atoms with van der Waals surface area (Å²) < 4.78 is 17.8. The van der Waals surface area contributed by atoms with Crippen LogP contribution < -0.4 is 24.8 Å². The minimum atomic E-state index is -0.394. The average Bonchev–Trinajstić information content (AvgIpc) is 3.73. The van der Waals surface area contributed by atoms with Crippen molar-refractivity contribution in [2.75, 3.05) is 25.6 Å². The van der Waals surface area contributed by atoms with Crippen LogP contribution in [0.3, 0.4) is 0 Å². The highest BCUT2D eigenvalue weighted by molar-refractivity contribution is 6.02. The molecule has 0 spiro atoms. The van der Waals surface area contributed by atoms with E-state index >= 15 is 0 Å². The molecule has 12 heteroatoms. The van der Waals surface area contributed by atoms with Gasteiger partial charge in [-0.3, -0.25) is 4.79 Å². The maximum absolute atomic E-state index is 12.7. The van der Waals surface area contributed by atoms with Crippen LogP contribution in [0.2, 0.25) is 0 Å². The van der Waals surface area contributed by atoms with Crippen molar-refractivity contribution in [3.8, 4) is 17.2 Å². The van der Waals surface area contributed by atoms with E-state index in [4.69, 9.17) is 19.0 Å². The van der Waals surface area contributed by atoms with Gasteiger partial charge >= 0.3 is 0 Å². The van der Waals surface area contributed by atoms with Gasteiger partial charge in [-0.15, -0.1) is 0 Å². The van der Waals surface area contributed by atoms with Gasteiger partial charge in [0.05, 0.1) is 58.0 Å². The molecule has 2 unspecified atom stereocenters. The van der Waals surface area contributed by atoms with Crippen molar-refractivity contribution in [1.29, 1.82) is 0 Å². The van der Waals surface area contributed by atoms with Crippen LogP contribution in [-0.4, -0.2) is 52.4 Å². The van der Waals surface area contributed by atoms with Crippen molar-refractivity contribution in [2.24, 2.45) is 5.16 Å². The Morgan fingerprint density at radius 2 is 1.34 bits per heavy atom. The van der Waals surface area contributed by atoms with Crippen LogP contribution in [0.25, 0.3) is 0 Å². The van der Waals surface area contributed by atoms with Gasteiger partial charge in [-0.2, -0.15) is 0 Å². The monoisotopic (exact) mass is 767 g/mol. The molecular weight excluding hydrogens is 714 g/mol. The summed E-state index contributed by atoms with van der Waals surface area (Å²) >= 11 is 0. The highest BCUT2D eigenvalue weighted by Crippen LogP contribution is 2.37. The number of nitrogens with zero attached hydrogens (tertiary/aromatic N) is 1. The number of benzene rings is 4. The summed E-state index contributed by atoms with van der Waals surface area (Å²) in [6, 6.07) is 20.7. The molecular formula is C44H53N3O9. The first kappa shape index (κ1) is 40.5. The molecule has 2 heterocycles. The molecule has 0 aromatic heterocycles. The fourth-order valence-corrected chi connectivity index (χ4v) is 7.22. The molecule has 6 N–H and O–H groups in total. The number of rotatable bonds is 20. The molecule has 0 radical (unpaired) electrons. The number of carbonyl (C=O) groups excluding carboxylic acids is 1. The summed E-state index contributed by atoms with van der Waals surface area (Å²) in [4.78, 5) is 18.5. The zero-order chi connectivity index (χ0) is 39.4. The predicted octanol–water partition coefficient (Wildman–Crippen LogP) is 6.88. The third-order valence-electron chi connectivity index (χ3n) is 10.4. The molecule has 2 atom stereocenters. The molecule has 0 saturated heterocycles. The summed E-state index contributed by atoms with van der Waals surface area (Å²) in [7, 11) is 1.62. The van der Waals surface area contributed by atoms with Gasteiger partial charge in [0.2, 0.25) is 0 Å². The molecule has 2 aliphatic heterocycles. The number of methoxy groups -OCH3 is 1. The third-order valence-corrected chi connectivity index (χ3v) is 10.4. The Balaban J connectivity index is 0.879. The molecule has 0 bridgehead atoms. The molecule has 6 rings (SSSR count). The van der Waals surface area contributed by atoms with Gasteiger partial charge in [0.1, 0.15) is 11.9 Å². The number of aliphatic hydroxyl groups excluding tert-OH is 4. The second kappa shape index (κ2) is 19.6. The number of oxime groups is 1. The van der Waals surface area contributed by atoms with E-state index in [-0.39, 0.29) is 38.4 Å². The molecule has 12 nitrogen and oxygen atoms in total. The Hall–Kier alpha value is -5.14. The summed E-state index contributed by atoms with van der Waals surface area (Å²) in [5.41, 5.74) is 7.95. The van der Waals surface area contributed by atoms with Crippen LogP contribution in [0.5, 0.6) is 17.2 Å². The van der Waals surface area contributed by atoms with E-state index < -0.39 is 6.17 Å².